The zero-order valence-electron chi connectivity index (χ0n) is 10.7. The third-order valence-electron chi connectivity index (χ3n) is 3.30. The van der Waals surface area contributed by atoms with E-state index in [0.717, 1.165) is 0 Å². The van der Waals surface area contributed by atoms with Gasteiger partial charge in [-0.05, 0) is 18.2 Å². The van der Waals surface area contributed by atoms with Gasteiger partial charge in [0.1, 0.15) is 5.92 Å². The number of halogens is 2. The molecule has 2 rings (SSSR count). The highest BCUT2D eigenvalue weighted by Crippen LogP contribution is 2.24. The Balaban J connectivity index is 2.22. The fraction of sp³-hybridized carbons (Fsp3) is 0.385. The summed E-state index contributed by atoms with van der Waals surface area (Å²) >= 11 is 9.19. The molecule has 2 atom stereocenters. The van der Waals surface area contributed by atoms with Crippen molar-refractivity contribution in [3.63, 3.8) is 0 Å². The first-order valence-corrected chi connectivity index (χ1v) is 7.11. The molecule has 1 aromatic carbocycles. The third kappa shape index (κ3) is 3.13. The van der Waals surface area contributed by atoms with E-state index in [2.05, 4.69) is 15.9 Å². The van der Waals surface area contributed by atoms with E-state index < -0.39 is 17.9 Å². The lowest BCUT2D eigenvalue weighted by Crippen LogP contribution is -2.44. The summed E-state index contributed by atoms with van der Waals surface area (Å²) in [5, 5.41) is 9.57. The SMILES string of the molecule is CN(C(=O)c1cc(Cl)cc(Br)c1)C1COCC1C(=O)O. The second-order valence-corrected chi connectivity index (χ2v) is 5.98. The van der Waals surface area contributed by atoms with E-state index >= 15 is 0 Å². The van der Waals surface area contributed by atoms with Crippen molar-refractivity contribution in [3.8, 4) is 0 Å². The number of ether oxygens (including phenoxy) is 1. The topological polar surface area (TPSA) is 66.8 Å². The van der Waals surface area contributed by atoms with Gasteiger partial charge < -0.3 is 14.7 Å². The molecule has 1 amide bonds. The molecule has 1 aromatic rings. The fourth-order valence-electron chi connectivity index (χ4n) is 2.19. The van der Waals surface area contributed by atoms with Crippen LogP contribution in [-0.2, 0) is 9.53 Å². The first kappa shape index (κ1) is 15.3. The second-order valence-electron chi connectivity index (χ2n) is 4.62. The summed E-state index contributed by atoms with van der Waals surface area (Å²) < 4.78 is 5.87. The molecule has 20 heavy (non-hydrogen) atoms. The minimum atomic E-state index is -0.959. The number of carbonyl (C=O) groups excluding carboxylic acids is 1. The Kier molecular flexibility index (Phi) is 4.67. The molecule has 1 aliphatic rings. The van der Waals surface area contributed by atoms with Crippen LogP contribution < -0.4 is 0 Å². The van der Waals surface area contributed by atoms with Crippen molar-refractivity contribution >= 4 is 39.4 Å². The summed E-state index contributed by atoms with van der Waals surface area (Å²) in [6.45, 7) is 0.345. The van der Waals surface area contributed by atoms with Gasteiger partial charge in [-0.2, -0.15) is 0 Å². The van der Waals surface area contributed by atoms with E-state index in [9.17, 15) is 9.59 Å². The van der Waals surface area contributed by atoms with Crippen molar-refractivity contribution in [2.75, 3.05) is 20.3 Å². The number of hydrogen-bond acceptors (Lipinski definition) is 3. The van der Waals surface area contributed by atoms with Crippen LogP contribution in [0.15, 0.2) is 22.7 Å². The standard InChI is InChI=1S/C13H13BrClNO4/c1-16(11-6-20-5-10(11)13(18)19)12(17)7-2-8(14)4-9(15)3-7/h2-4,10-11H,5-6H2,1H3,(H,18,19). The summed E-state index contributed by atoms with van der Waals surface area (Å²) in [7, 11) is 1.58. The molecule has 0 bridgehead atoms. The van der Waals surface area contributed by atoms with Crippen LogP contribution in [0.1, 0.15) is 10.4 Å². The van der Waals surface area contributed by atoms with Crippen LogP contribution in [-0.4, -0.2) is 48.2 Å². The van der Waals surface area contributed by atoms with Crippen molar-refractivity contribution in [2.24, 2.45) is 5.92 Å². The number of carboxylic acid groups (broad SMARTS) is 1. The van der Waals surface area contributed by atoms with Crippen LogP contribution in [0.5, 0.6) is 0 Å². The fourth-order valence-corrected chi connectivity index (χ4v) is 3.05. The molecule has 1 fully saturated rings. The first-order chi connectivity index (χ1) is 9.40. The largest absolute Gasteiger partial charge is 0.481 e. The first-order valence-electron chi connectivity index (χ1n) is 5.94. The summed E-state index contributed by atoms with van der Waals surface area (Å²) in [4.78, 5) is 24.9. The van der Waals surface area contributed by atoms with Gasteiger partial charge in [0.25, 0.3) is 5.91 Å². The van der Waals surface area contributed by atoms with E-state index in [-0.39, 0.29) is 19.1 Å². The summed E-state index contributed by atoms with van der Waals surface area (Å²) in [5.41, 5.74) is 0.405. The van der Waals surface area contributed by atoms with Gasteiger partial charge in [0.2, 0.25) is 0 Å². The lowest BCUT2D eigenvalue weighted by atomic mass is 10.0. The highest BCUT2D eigenvalue weighted by molar-refractivity contribution is 9.10. The van der Waals surface area contributed by atoms with Crippen LogP contribution in [0.2, 0.25) is 5.02 Å². The Bertz CT molecular complexity index is 531. The van der Waals surface area contributed by atoms with E-state index in [4.69, 9.17) is 21.4 Å². The number of likely N-dealkylation sites (N-methyl/N-ethyl adjacent to an activating group) is 1. The van der Waals surface area contributed by atoms with Crippen LogP contribution in [0, 0.1) is 5.92 Å². The molecule has 0 aromatic heterocycles. The van der Waals surface area contributed by atoms with Gasteiger partial charge in [-0.1, -0.05) is 27.5 Å². The van der Waals surface area contributed by atoms with E-state index in [1.54, 1.807) is 25.2 Å². The smallest absolute Gasteiger partial charge is 0.311 e. The van der Waals surface area contributed by atoms with Gasteiger partial charge >= 0.3 is 5.97 Å². The van der Waals surface area contributed by atoms with Gasteiger partial charge in [0, 0.05) is 22.1 Å². The molecule has 0 radical (unpaired) electrons. The number of benzene rings is 1. The molecule has 5 nitrogen and oxygen atoms in total. The number of rotatable bonds is 3. The molecule has 108 valence electrons. The zero-order valence-corrected chi connectivity index (χ0v) is 13.0. The van der Waals surface area contributed by atoms with Crippen LogP contribution in [0.4, 0.5) is 0 Å². The number of hydrogen-bond donors (Lipinski definition) is 1. The van der Waals surface area contributed by atoms with Gasteiger partial charge in [-0.15, -0.1) is 0 Å². The molecule has 1 heterocycles. The van der Waals surface area contributed by atoms with Crippen LogP contribution >= 0.6 is 27.5 Å². The number of carboxylic acids is 1. The molecule has 2 unspecified atom stereocenters. The third-order valence-corrected chi connectivity index (χ3v) is 3.97. The number of carbonyl (C=O) groups is 2. The predicted octanol–water partition coefficient (Wildman–Crippen LogP) is 2.27. The van der Waals surface area contributed by atoms with Crippen LogP contribution in [0.3, 0.4) is 0 Å². The average Bonchev–Trinajstić information content (AvgIpc) is 2.85. The van der Waals surface area contributed by atoms with Crippen LogP contribution in [0.25, 0.3) is 0 Å². The highest BCUT2D eigenvalue weighted by atomic mass is 79.9. The average molecular weight is 363 g/mol. The monoisotopic (exact) mass is 361 g/mol. The molecule has 1 saturated heterocycles. The molecular formula is C13H13BrClNO4. The van der Waals surface area contributed by atoms with Gasteiger partial charge in [0.05, 0.1) is 19.3 Å². The maximum atomic E-state index is 12.4. The Labute approximate surface area is 129 Å². The lowest BCUT2D eigenvalue weighted by Gasteiger charge is -2.26. The molecule has 0 aliphatic carbocycles. The summed E-state index contributed by atoms with van der Waals surface area (Å²) in [5.74, 6) is -1.94. The van der Waals surface area contributed by atoms with Crippen molar-refractivity contribution in [1.82, 2.24) is 4.90 Å². The lowest BCUT2D eigenvalue weighted by molar-refractivity contribution is -0.142. The minimum absolute atomic E-state index is 0.122. The molecule has 0 saturated carbocycles. The van der Waals surface area contributed by atoms with Gasteiger partial charge in [-0.25, -0.2) is 0 Å². The van der Waals surface area contributed by atoms with Crippen molar-refractivity contribution in [1.29, 1.82) is 0 Å². The number of aliphatic carboxylic acids is 1. The van der Waals surface area contributed by atoms with Crippen molar-refractivity contribution < 1.29 is 19.4 Å². The highest BCUT2D eigenvalue weighted by Gasteiger charge is 2.38. The predicted molar refractivity (Wildman–Crippen MR) is 77.0 cm³/mol. The second kappa shape index (κ2) is 6.11. The number of nitrogens with zero attached hydrogens (tertiary/aromatic N) is 1. The molecule has 0 spiro atoms. The maximum absolute atomic E-state index is 12.4. The van der Waals surface area contributed by atoms with E-state index in [0.29, 0.717) is 15.1 Å². The van der Waals surface area contributed by atoms with E-state index in [1.165, 1.54) is 4.90 Å². The van der Waals surface area contributed by atoms with Gasteiger partial charge in [0.15, 0.2) is 0 Å². The molecule has 7 heteroatoms. The van der Waals surface area contributed by atoms with E-state index in [1.807, 2.05) is 0 Å². The van der Waals surface area contributed by atoms with Crippen molar-refractivity contribution in [2.45, 2.75) is 6.04 Å². The number of amides is 1. The molecular weight excluding hydrogens is 350 g/mol. The summed E-state index contributed by atoms with van der Waals surface area (Å²) in [6, 6.07) is 4.40. The van der Waals surface area contributed by atoms with Crippen molar-refractivity contribution in [3.05, 3.63) is 33.3 Å². The quantitative estimate of drug-likeness (QED) is 0.896. The normalized spacial score (nSPS) is 21.8. The maximum Gasteiger partial charge on any atom is 0.311 e. The Hall–Kier alpha value is -1.11. The van der Waals surface area contributed by atoms with Gasteiger partial charge in [-0.3, -0.25) is 9.59 Å². The Morgan fingerprint density at radius 1 is 1.40 bits per heavy atom. The molecule has 1 aliphatic heterocycles. The zero-order chi connectivity index (χ0) is 14.9. The Morgan fingerprint density at radius 3 is 2.70 bits per heavy atom. The summed E-state index contributed by atoms with van der Waals surface area (Å²) in [6.07, 6.45) is 0. The molecule has 1 N–H and O–H groups in total. The Morgan fingerprint density at radius 2 is 2.10 bits per heavy atom. The minimum Gasteiger partial charge on any atom is -0.481 e.